The molecule has 1 heterocycles. The van der Waals surface area contributed by atoms with Crippen LogP contribution in [0.5, 0.6) is 0 Å². The van der Waals surface area contributed by atoms with Crippen LogP contribution in [0.3, 0.4) is 0 Å². The van der Waals surface area contributed by atoms with Gasteiger partial charge in [-0.25, -0.2) is 0 Å². The third-order valence-corrected chi connectivity index (χ3v) is 6.77. The first-order valence-corrected chi connectivity index (χ1v) is 11.7. The van der Waals surface area contributed by atoms with Crippen LogP contribution in [0.25, 0.3) is 55.1 Å². The van der Waals surface area contributed by atoms with Crippen molar-refractivity contribution < 1.29 is 0 Å². The van der Waals surface area contributed by atoms with Crippen molar-refractivity contribution in [3.63, 3.8) is 0 Å². The molecule has 0 aliphatic carbocycles. The Morgan fingerprint density at radius 1 is 0.500 bits per heavy atom. The summed E-state index contributed by atoms with van der Waals surface area (Å²) in [5.41, 5.74) is 9.66. The van der Waals surface area contributed by atoms with Gasteiger partial charge in [-0.15, -0.1) is 0 Å². The third kappa shape index (κ3) is 3.47. The lowest BCUT2D eigenvalue weighted by Crippen LogP contribution is -1.91. The molecule has 0 bridgehead atoms. The molecule has 162 valence electrons. The van der Waals surface area contributed by atoms with E-state index in [9.17, 15) is 0 Å². The summed E-state index contributed by atoms with van der Waals surface area (Å²) in [6.07, 6.45) is 1.93. The standard InChI is InChI=1S/C33H25N/c1-22-9-7-10-23(2)33(22)27-17-18-34-32(21-27)26-13-8-12-24(19-26)31-20-25-11-3-4-14-28(25)29-15-5-6-16-30(29)31/h3-21H,1-2H3. The molecule has 1 aromatic heterocycles. The molecule has 5 aromatic carbocycles. The number of hydrogen-bond donors (Lipinski definition) is 0. The summed E-state index contributed by atoms with van der Waals surface area (Å²) in [7, 11) is 0. The molecular formula is C33H25N. The van der Waals surface area contributed by atoms with Gasteiger partial charge in [0.15, 0.2) is 0 Å². The normalized spacial score (nSPS) is 11.2. The monoisotopic (exact) mass is 435 g/mol. The molecule has 1 heteroatoms. The maximum Gasteiger partial charge on any atom is 0.0708 e. The van der Waals surface area contributed by atoms with Crippen LogP contribution in [0.1, 0.15) is 11.1 Å². The zero-order valence-electron chi connectivity index (χ0n) is 19.4. The fraction of sp³-hybridized carbons (Fsp3) is 0.0606. The van der Waals surface area contributed by atoms with Gasteiger partial charge in [0.1, 0.15) is 0 Å². The average Bonchev–Trinajstić information content (AvgIpc) is 2.88. The minimum atomic E-state index is 0.993. The molecule has 0 aliphatic rings. The number of nitrogens with zero attached hydrogens (tertiary/aromatic N) is 1. The van der Waals surface area contributed by atoms with Crippen LogP contribution in [-0.4, -0.2) is 4.98 Å². The van der Waals surface area contributed by atoms with Gasteiger partial charge in [-0.05, 0) is 93.0 Å². The quantitative estimate of drug-likeness (QED) is 0.253. The highest BCUT2D eigenvalue weighted by Crippen LogP contribution is 2.36. The van der Waals surface area contributed by atoms with Gasteiger partial charge < -0.3 is 0 Å². The number of aryl methyl sites for hydroxylation is 2. The molecule has 0 amide bonds. The van der Waals surface area contributed by atoms with Crippen molar-refractivity contribution in [2.24, 2.45) is 0 Å². The van der Waals surface area contributed by atoms with Crippen LogP contribution < -0.4 is 0 Å². The van der Waals surface area contributed by atoms with Gasteiger partial charge in [-0.3, -0.25) is 4.98 Å². The summed E-state index contributed by atoms with van der Waals surface area (Å²) in [6.45, 7) is 4.35. The van der Waals surface area contributed by atoms with E-state index in [1.165, 1.54) is 54.9 Å². The fourth-order valence-electron chi connectivity index (χ4n) is 5.15. The van der Waals surface area contributed by atoms with Gasteiger partial charge in [0.25, 0.3) is 0 Å². The molecule has 6 aromatic rings. The van der Waals surface area contributed by atoms with Crippen LogP contribution in [0.2, 0.25) is 0 Å². The highest BCUT2D eigenvalue weighted by molar-refractivity contribution is 6.13. The van der Waals surface area contributed by atoms with E-state index in [0.717, 1.165) is 11.3 Å². The Kier molecular flexibility index (Phi) is 4.96. The van der Waals surface area contributed by atoms with E-state index in [1.54, 1.807) is 0 Å². The van der Waals surface area contributed by atoms with Crippen molar-refractivity contribution in [1.29, 1.82) is 0 Å². The van der Waals surface area contributed by atoms with Crippen molar-refractivity contribution >= 4 is 21.5 Å². The van der Waals surface area contributed by atoms with E-state index in [-0.39, 0.29) is 0 Å². The zero-order chi connectivity index (χ0) is 23.1. The average molecular weight is 436 g/mol. The smallest absolute Gasteiger partial charge is 0.0708 e. The summed E-state index contributed by atoms with van der Waals surface area (Å²) < 4.78 is 0. The van der Waals surface area contributed by atoms with Crippen LogP contribution in [0.15, 0.2) is 115 Å². The molecule has 0 N–H and O–H groups in total. The number of aromatic nitrogens is 1. The van der Waals surface area contributed by atoms with E-state index >= 15 is 0 Å². The predicted octanol–water partition coefficient (Wildman–Crippen LogP) is 9.01. The van der Waals surface area contributed by atoms with Gasteiger partial charge >= 0.3 is 0 Å². The van der Waals surface area contributed by atoms with E-state index in [0.29, 0.717) is 0 Å². The first-order valence-electron chi connectivity index (χ1n) is 11.7. The molecule has 0 fully saturated rings. The number of benzene rings is 5. The first-order chi connectivity index (χ1) is 16.7. The van der Waals surface area contributed by atoms with Gasteiger partial charge in [0.2, 0.25) is 0 Å². The maximum absolute atomic E-state index is 4.74. The van der Waals surface area contributed by atoms with E-state index < -0.39 is 0 Å². The molecule has 0 radical (unpaired) electrons. The molecule has 0 saturated heterocycles. The zero-order valence-corrected chi connectivity index (χ0v) is 19.4. The Hall–Kier alpha value is -4.23. The van der Waals surface area contributed by atoms with Crippen LogP contribution >= 0.6 is 0 Å². The van der Waals surface area contributed by atoms with Crippen LogP contribution in [0.4, 0.5) is 0 Å². The molecule has 1 nitrogen and oxygen atoms in total. The van der Waals surface area contributed by atoms with Crippen LogP contribution in [-0.2, 0) is 0 Å². The summed E-state index contributed by atoms with van der Waals surface area (Å²) in [5.74, 6) is 0. The van der Waals surface area contributed by atoms with E-state index in [1.807, 2.05) is 6.20 Å². The molecular weight excluding hydrogens is 410 g/mol. The van der Waals surface area contributed by atoms with Gasteiger partial charge in [-0.1, -0.05) is 84.9 Å². The predicted molar refractivity (Wildman–Crippen MR) is 145 cm³/mol. The number of hydrogen-bond acceptors (Lipinski definition) is 1. The first kappa shape index (κ1) is 20.4. The topological polar surface area (TPSA) is 12.9 Å². The summed E-state index contributed by atoms with van der Waals surface area (Å²) >= 11 is 0. The molecule has 0 aliphatic heterocycles. The molecule has 0 unspecified atom stereocenters. The van der Waals surface area contributed by atoms with Crippen molar-refractivity contribution in [2.45, 2.75) is 13.8 Å². The second-order valence-corrected chi connectivity index (χ2v) is 8.97. The van der Waals surface area contributed by atoms with Gasteiger partial charge in [-0.2, -0.15) is 0 Å². The molecule has 34 heavy (non-hydrogen) atoms. The highest BCUT2D eigenvalue weighted by atomic mass is 14.7. The second-order valence-electron chi connectivity index (χ2n) is 8.97. The van der Waals surface area contributed by atoms with Crippen molar-refractivity contribution in [2.75, 3.05) is 0 Å². The maximum atomic E-state index is 4.74. The van der Waals surface area contributed by atoms with Gasteiger partial charge in [0.05, 0.1) is 5.69 Å². The minimum absolute atomic E-state index is 0.993. The van der Waals surface area contributed by atoms with Crippen molar-refractivity contribution in [3.05, 3.63) is 127 Å². The van der Waals surface area contributed by atoms with Crippen LogP contribution in [0, 0.1) is 13.8 Å². The highest BCUT2D eigenvalue weighted by Gasteiger charge is 2.11. The lowest BCUT2D eigenvalue weighted by atomic mass is 9.92. The summed E-state index contributed by atoms with van der Waals surface area (Å²) in [4.78, 5) is 4.74. The Morgan fingerprint density at radius 3 is 2.00 bits per heavy atom. The van der Waals surface area contributed by atoms with Crippen molar-refractivity contribution in [1.82, 2.24) is 4.98 Å². The Morgan fingerprint density at radius 2 is 1.18 bits per heavy atom. The molecule has 0 atom stereocenters. The largest absolute Gasteiger partial charge is 0.256 e. The molecule has 0 spiro atoms. The summed E-state index contributed by atoms with van der Waals surface area (Å²) in [6, 6.07) is 39.2. The lowest BCUT2D eigenvalue weighted by molar-refractivity contribution is 1.31. The minimum Gasteiger partial charge on any atom is -0.256 e. The SMILES string of the molecule is Cc1cccc(C)c1-c1ccnc(-c2cccc(-c3cc4ccccc4c4ccccc34)c2)c1. The number of pyridine rings is 1. The number of fused-ring (bicyclic) bond motifs is 3. The van der Waals surface area contributed by atoms with E-state index in [2.05, 4.69) is 123 Å². The van der Waals surface area contributed by atoms with E-state index in [4.69, 9.17) is 4.98 Å². The van der Waals surface area contributed by atoms with Gasteiger partial charge in [0, 0.05) is 11.8 Å². The Labute approximate surface area is 200 Å². The Bertz CT molecular complexity index is 1660. The summed E-state index contributed by atoms with van der Waals surface area (Å²) in [5, 5.41) is 5.12. The third-order valence-electron chi connectivity index (χ3n) is 6.77. The molecule has 0 saturated carbocycles. The number of rotatable bonds is 3. The Balaban J connectivity index is 1.51. The molecule has 6 rings (SSSR count). The fourth-order valence-corrected chi connectivity index (χ4v) is 5.15. The second kappa shape index (κ2) is 8.28. The lowest BCUT2D eigenvalue weighted by Gasteiger charge is -2.13. The van der Waals surface area contributed by atoms with Crippen molar-refractivity contribution in [3.8, 4) is 33.5 Å².